The number of aryl methyl sites for hydroxylation is 1. The van der Waals surface area contributed by atoms with Crippen molar-refractivity contribution in [2.24, 2.45) is 7.05 Å². The molecule has 0 aliphatic rings. The van der Waals surface area contributed by atoms with Crippen LogP contribution in [0.25, 0.3) is 39.1 Å². The van der Waals surface area contributed by atoms with Crippen molar-refractivity contribution in [3.8, 4) is 22.5 Å². The van der Waals surface area contributed by atoms with E-state index in [0.29, 0.717) is 0 Å². The average molecular weight is 325 g/mol. The molecule has 0 spiro atoms. The summed E-state index contributed by atoms with van der Waals surface area (Å²) >= 11 is 0. The minimum atomic E-state index is 0.868. The number of fused-ring (bicyclic) bond motifs is 3. The van der Waals surface area contributed by atoms with Gasteiger partial charge in [-0.25, -0.2) is 9.50 Å². The van der Waals surface area contributed by atoms with Crippen molar-refractivity contribution in [1.82, 2.24) is 24.4 Å². The number of nitrogens with zero attached hydrogens (tertiary/aromatic N) is 5. The maximum absolute atomic E-state index is 4.56. The number of pyridine rings is 1. The molecule has 0 unspecified atom stereocenters. The number of hydrogen-bond donors (Lipinski definition) is 0. The molecule has 0 saturated carbocycles. The zero-order chi connectivity index (χ0) is 16.8. The van der Waals surface area contributed by atoms with Gasteiger partial charge in [-0.05, 0) is 6.07 Å². The lowest BCUT2D eigenvalue weighted by Crippen LogP contribution is -1.97. The van der Waals surface area contributed by atoms with Gasteiger partial charge in [0.25, 0.3) is 0 Å². The van der Waals surface area contributed by atoms with E-state index in [2.05, 4.69) is 45.6 Å². The molecule has 0 aliphatic carbocycles. The van der Waals surface area contributed by atoms with Crippen molar-refractivity contribution in [1.29, 1.82) is 0 Å². The summed E-state index contributed by atoms with van der Waals surface area (Å²) in [5, 5.41) is 8.96. The molecule has 0 amide bonds. The average Bonchev–Trinajstić information content (AvgIpc) is 3.26. The Hall–Kier alpha value is -3.47. The van der Waals surface area contributed by atoms with Crippen LogP contribution < -0.4 is 0 Å². The van der Waals surface area contributed by atoms with E-state index in [1.54, 1.807) is 0 Å². The van der Waals surface area contributed by atoms with Crippen LogP contribution in [0, 0.1) is 0 Å². The van der Waals surface area contributed by atoms with Crippen LogP contribution in [-0.4, -0.2) is 24.4 Å². The van der Waals surface area contributed by atoms with Gasteiger partial charge < -0.3 is 4.57 Å². The second kappa shape index (κ2) is 5.27. The van der Waals surface area contributed by atoms with E-state index in [1.807, 2.05) is 58.9 Å². The largest absolute Gasteiger partial charge is 0.332 e. The second-order valence-electron chi connectivity index (χ2n) is 6.05. The van der Waals surface area contributed by atoms with Gasteiger partial charge in [0.05, 0.1) is 23.1 Å². The summed E-state index contributed by atoms with van der Waals surface area (Å²) in [6.07, 6.45) is 1.83. The normalized spacial score (nSPS) is 11.4. The fourth-order valence-electron chi connectivity index (χ4n) is 3.30. The first-order valence-electron chi connectivity index (χ1n) is 8.13. The molecule has 0 radical (unpaired) electrons. The number of rotatable bonds is 2. The molecule has 25 heavy (non-hydrogen) atoms. The van der Waals surface area contributed by atoms with Crippen molar-refractivity contribution < 1.29 is 0 Å². The molecule has 0 saturated heterocycles. The van der Waals surface area contributed by atoms with E-state index in [9.17, 15) is 0 Å². The quantitative estimate of drug-likeness (QED) is 0.494. The first kappa shape index (κ1) is 13.9. The summed E-state index contributed by atoms with van der Waals surface area (Å²) in [7, 11) is 2.00. The molecule has 5 aromatic rings. The van der Waals surface area contributed by atoms with E-state index < -0.39 is 0 Å². The Morgan fingerprint density at radius 3 is 2.20 bits per heavy atom. The van der Waals surface area contributed by atoms with Crippen LogP contribution in [0.15, 0.2) is 73.1 Å². The van der Waals surface area contributed by atoms with Gasteiger partial charge in [0.15, 0.2) is 0 Å². The fourth-order valence-corrected chi connectivity index (χ4v) is 3.30. The van der Waals surface area contributed by atoms with Gasteiger partial charge in [-0.3, -0.25) is 0 Å². The standard InChI is InChI=1S/C20H15N5/c1-24-13-21-16-12-17(14-8-4-2-5-9-14)25-20(19(16)24)18(22-23-25)15-10-6-3-7-11-15/h2-13H,1H3. The lowest BCUT2D eigenvalue weighted by Gasteiger charge is -2.07. The van der Waals surface area contributed by atoms with E-state index in [-0.39, 0.29) is 0 Å². The fraction of sp³-hybridized carbons (Fsp3) is 0.0500. The minimum Gasteiger partial charge on any atom is -0.332 e. The highest BCUT2D eigenvalue weighted by Crippen LogP contribution is 2.32. The maximum Gasteiger partial charge on any atom is 0.123 e. The van der Waals surface area contributed by atoms with Crippen molar-refractivity contribution in [2.45, 2.75) is 0 Å². The first-order valence-corrected chi connectivity index (χ1v) is 8.13. The Bertz CT molecular complexity index is 1190. The highest BCUT2D eigenvalue weighted by Gasteiger charge is 2.18. The van der Waals surface area contributed by atoms with Gasteiger partial charge in [0, 0.05) is 18.2 Å². The van der Waals surface area contributed by atoms with Gasteiger partial charge in [0.1, 0.15) is 11.2 Å². The summed E-state index contributed by atoms with van der Waals surface area (Å²) in [5.74, 6) is 0. The van der Waals surface area contributed by atoms with Crippen LogP contribution >= 0.6 is 0 Å². The molecule has 5 heteroatoms. The van der Waals surface area contributed by atoms with Crippen molar-refractivity contribution >= 4 is 16.6 Å². The number of aromatic nitrogens is 5. The monoisotopic (exact) mass is 325 g/mol. The van der Waals surface area contributed by atoms with Crippen molar-refractivity contribution in [2.75, 3.05) is 0 Å². The van der Waals surface area contributed by atoms with Crippen LogP contribution in [0.1, 0.15) is 0 Å². The van der Waals surface area contributed by atoms with E-state index in [0.717, 1.165) is 39.1 Å². The molecule has 0 atom stereocenters. The van der Waals surface area contributed by atoms with Crippen molar-refractivity contribution in [3.05, 3.63) is 73.1 Å². The molecule has 0 fully saturated rings. The zero-order valence-corrected chi connectivity index (χ0v) is 13.7. The molecular formula is C20H15N5. The topological polar surface area (TPSA) is 48.0 Å². The molecule has 5 nitrogen and oxygen atoms in total. The minimum absolute atomic E-state index is 0.868. The molecule has 120 valence electrons. The summed E-state index contributed by atoms with van der Waals surface area (Å²) < 4.78 is 3.94. The lowest BCUT2D eigenvalue weighted by atomic mass is 10.1. The third-order valence-corrected chi connectivity index (χ3v) is 4.48. The summed E-state index contributed by atoms with van der Waals surface area (Å²) in [4.78, 5) is 4.56. The van der Waals surface area contributed by atoms with Gasteiger partial charge in [-0.2, -0.15) is 0 Å². The van der Waals surface area contributed by atoms with Crippen LogP contribution in [0.4, 0.5) is 0 Å². The zero-order valence-electron chi connectivity index (χ0n) is 13.7. The maximum atomic E-state index is 4.56. The third kappa shape index (κ3) is 2.06. The Morgan fingerprint density at radius 1 is 0.800 bits per heavy atom. The molecule has 2 aromatic carbocycles. The smallest absolute Gasteiger partial charge is 0.123 e. The van der Waals surface area contributed by atoms with Gasteiger partial charge in [-0.15, -0.1) is 5.10 Å². The van der Waals surface area contributed by atoms with Gasteiger partial charge in [-0.1, -0.05) is 65.9 Å². The van der Waals surface area contributed by atoms with Crippen LogP contribution in [0.2, 0.25) is 0 Å². The molecular weight excluding hydrogens is 310 g/mol. The molecule has 5 rings (SSSR count). The molecule has 0 N–H and O–H groups in total. The number of imidazole rings is 1. The highest BCUT2D eigenvalue weighted by atomic mass is 15.4. The third-order valence-electron chi connectivity index (χ3n) is 4.48. The summed E-state index contributed by atoms with van der Waals surface area (Å²) in [6.45, 7) is 0. The van der Waals surface area contributed by atoms with E-state index >= 15 is 0 Å². The Kier molecular flexibility index (Phi) is 2.94. The Morgan fingerprint density at radius 2 is 1.48 bits per heavy atom. The van der Waals surface area contributed by atoms with E-state index in [1.165, 1.54) is 0 Å². The molecule has 3 heterocycles. The second-order valence-corrected chi connectivity index (χ2v) is 6.05. The van der Waals surface area contributed by atoms with Gasteiger partial charge in [0.2, 0.25) is 0 Å². The SMILES string of the molecule is Cn1cnc2cc(-c3ccccc3)n3nnc(-c4ccccc4)c3c21. The Labute approximate surface area is 144 Å². The molecule has 0 bridgehead atoms. The van der Waals surface area contributed by atoms with Gasteiger partial charge >= 0.3 is 0 Å². The first-order chi connectivity index (χ1) is 12.3. The Balaban J connectivity index is 1.94. The predicted molar refractivity (Wildman–Crippen MR) is 98.1 cm³/mol. The lowest BCUT2D eigenvalue weighted by molar-refractivity contribution is 0.862. The van der Waals surface area contributed by atoms with Crippen LogP contribution in [0.3, 0.4) is 0 Å². The van der Waals surface area contributed by atoms with Crippen LogP contribution in [0.5, 0.6) is 0 Å². The highest BCUT2D eigenvalue weighted by molar-refractivity contribution is 6.00. The van der Waals surface area contributed by atoms with Crippen molar-refractivity contribution in [3.63, 3.8) is 0 Å². The molecule has 0 aliphatic heterocycles. The predicted octanol–water partition coefficient (Wildman–Crippen LogP) is 3.95. The number of benzene rings is 2. The van der Waals surface area contributed by atoms with Crippen LogP contribution in [-0.2, 0) is 7.05 Å². The summed E-state index contributed by atoms with van der Waals surface area (Å²) in [5.41, 5.74) is 6.93. The number of hydrogen-bond acceptors (Lipinski definition) is 3. The summed E-state index contributed by atoms with van der Waals surface area (Å²) in [6, 6.07) is 22.4. The molecule has 3 aromatic heterocycles. The van der Waals surface area contributed by atoms with E-state index in [4.69, 9.17) is 0 Å².